The van der Waals surface area contributed by atoms with Gasteiger partial charge in [-0.15, -0.1) is 11.8 Å². The van der Waals surface area contributed by atoms with Gasteiger partial charge in [0.05, 0.1) is 0 Å². The Bertz CT molecular complexity index is 388. The number of benzene rings is 1. The summed E-state index contributed by atoms with van der Waals surface area (Å²) in [5.74, 6) is -5.46. The van der Waals surface area contributed by atoms with Crippen molar-refractivity contribution in [3.63, 3.8) is 0 Å². The zero-order chi connectivity index (χ0) is 13.1. The van der Waals surface area contributed by atoms with Gasteiger partial charge in [0.15, 0.2) is 5.92 Å². The van der Waals surface area contributed by atoms with Crippen LogP contribution in [0.5, 0.6) is 0 Å². The van der Waals surface area contributed by atoms with Crippen LogP contribution in [-0.2, 0) is 4.79 Å². The Kier molecular flexibility index (Phi) is 4.39. The first kappa shape index (κ1) is 13.8. The number of alkyl halides is 3. The van der Waals surface area contributed by atoms with Crippen molar-refractivity contribution >= 4 is 17.7 Å². The fourth-order valence-corrected chi connectivity index (χ4v) is 2.04. The van der Waals surface area contributed by atoms with Gasteiger partial charge in [0.1, 0.15) is 5.82 Å². The molecule has 7 heteroatoms. The summed E-state index contributed by atoms with van der Waals surface area (Å²) in [7, 11) is 0. The molecule has 1 aromatic carbocycles. The second-order valence-corrected chi connectivity index (χ2v) is 4.29. The van der Waals surface area contributed by atoms with Crippen LogP contribution < -0.4 is 0 Å². The molecule has 0 aliphatic heterocycles. The summed E-state index contributed by atoms with van der Waals surface area (Å²) in [5.41, 5.74) is 0. The standard InChI is InChI=1S/C10H8F4O2S/c11-6-1-3-7(4-2-6)17-5-8(9(15)16)10(12,13)14/h1-4,8H,5H2,(H,15,16). The summed E-state index contributed by atoms with van der Waals surface area (Å²) in [6, 6.07) is 4.81. The topological polar surface area (TPSA) is 37.3 Å². The van der Waals surface area contributed by atoms with Gasteiger partial charge >= 0.3 is 12.1 Å². The van der Waals surface area contributed by atoms with Crippen LogP contribution >= 0.6 is 11.8 Å². The summed E-state index contributed by atoms with van der Waals surface area (Å²) in [4.78, 5) is 10.8. The van der Waals surface area contributed by atoms with Crippen molar-refractivity contribution in [2.75, 3.05) is 5.75 Å². The molecule has 2 nitrogen and oxygen atoms in total. The number of carboxylic acid groups (broad SMARTS) is 1. The average Bonchev–Trinajstić information content (AvgIpc) is 2.18. The maximum absolute atomic E-state index is 12.5. The molecular formula is C10H8F4O2S. The fraction of sp³-hybridized carbons (Fsp3) is 0.300. The van der Waals surface area contributed by atoms with E-state index < -0.39 is 29.6 Å². The number of thioether (sulfide) groups is 1. The number of aliphatic carboxylic acids is 1. The van der Waals surface area contributed by atoms with Gasteiger partial charge in [-0.1, -0.05) is 0 Å². The molecule has 0 spiro atoms. The van der Waals surface area contributed by atoms with Gasteiger partial charge in [0.2, 0.25) is 0 Å². The number of rotatable bonds is 4. The maximum atomic E-state index is 12.5. The van der Waals surface area contributed by atoms with Crippen molar-refractivity contribution in [3.05, 3.63) is 30.1 Å². The molecule has 1 atom stereocenters. The average molecular weight is 268 g/mol. The minimum atomic E-state index is -4.78. The van der Waals surface area contributed by atoms with E-state index in [1.807, 2.05) is 0 Å². The van der Waals surface area contributed by atoms with Gasteiger partial charge < -0.3 is 5.11 Å². The molecule has 0 saturated carbocycles. The number of halogens is 4. The van der Waals surface area contributed by atoms with Crippen LogP contribution in [0.15, 0.2) is 29.2 Å². The van der Waals surface area contributed by atoms with Gasteiger partial charge in [-0.3, -0.25) is 4.79 Å². The predicted molar refractivity (Wildman–Crippen MR) is 54.3 cm³/mol. The highest BCUT2D eigenvalue weighted by atomic mass is 32.2. The van der Waals surface area contributed by atoms with E-state index in [4.69, 9.17) is 5.11 Å². The van der Waals surface area contributed by atoms with E-state index in [0.717, 1.165) is 23.9 Å². The Hall–Kier alpha value is -1.24. The molecule has 0 fully saturated rings. The first-order valence-electron chi connectivity index (χ1n) is 4.48. The third-order valence-corrected chi connectivity index (χ3v) is 3.03. The van der Waals surface area contributed by atoms with Crippen molar-refractivity contribution in [1.82, 2.24) is 0 Å². The molecule has 0 radical (unpaired) electrons. The highest BCUT2D eigenvalue weighted by Crippen LogP contribution is 2.31. The zero-order valence-corrected chi connectivity index (χ0v) is 9.19. The molecule has 0 aliphatic rings. The van der Waals surface area contributed by atoms with Crippen molar-refractivity contribution in [2.45, 2.75) is 11.1 Å². The first-order valence-corrected chi connectivity index (χ1v) is 5.47. The highest BCUT2D eigenvalue weighted by molar-refractivity contribution is 7.99. The summed E-state index contributed by atoms with van der Waals surface area (Å²) < 4.78 is 49.4. The van der Waals surface area contributed by atoms with Crippen molar-refractivity contribution in [3.8, 4) is 0 Å². The van der Waals surface area contributed by atoms with Gasteiger partial charge in [-0.2, -0.15) is 13.2 Å². The quantitative estimate of drug-likeness (QED) is 0.673. The number of hydrogen-bond acceptors (Lipinski definition) is 2. The molecule has 1 unspecified atom stereocenters. The van der Waals surface area contributed by atoms with Crippen LogP contribution in [0.1, 0.15) is 0 Å². The number of hydrogen-bond donors (Lipinski definition) is 1. The molecule has 94 valence electrons. The molecule has 0 saturated heterocycles. The van der Waals surface area contributed by atoms with Crippen LogP contribution in [0.3, 0.4) is 0 Å². The molecule has 0 bridgehead atoms. The molecule has 0 aromatic heterocycles. The normalized spacial score (nSPS) is 13.4. The van der Waals surface area contributed by atoms with E-state index in [1.54, 1.807) is 0 Å². The molecule has 1 aromatic rings. The van der Waals surface area contributed by atoms with E-state index >= 15 is 0 Å². The lowest BCUT2D eigenvalue weighted by Crippen LogP contribution is -2.32. The van der Waals surface area contributed by atoms with Gasteiger partial charge in [-0.05, 0) is 24.3 Å². The summed E-state index contributed by atoms with van der Waals surface area (Å²) in [6.07, 6.45) is -4.78. The molecule has 0 aliphatic carbocycles. The predicted octanol–water partition coefficient (Wildman–Crippen LogP) is 3.18. The molecular weight excluding hydrogens is 260 g/mol. The Morgan fingerprint density at radius 3 is 2.24 bits per heavy atom. The Labute approximate surface area is 98.6 Å². The monoisotopic (exact) mass is 268 g/mol. The lowest BCUT2D eigenvalue weighted by molar-refractivity contribution is -0.188. The summed E-state index contributed by atoms with van der Waals surface area (Å²) in [6.45, 7) is 0. The third kappa shape index (κ3) is 4.26. The molecule has 0 amide bonds. The van der Waals surface area contributed by atoms with Crippen molar-refractivity contribution in [1.29, 1.82) is 0 Å². The Morgan fingerprint density at radius 1 is 1.29 bits per heavy atom. The summed E-state index contributed by atoms with van der Waals surface area (Å²) in [5, 5.41) is 8.44. The molecule has 1 N–H and O–H groups in total. The van der Waals surface area contributed by atoms with Crippen molar-refractivity contribution < 1.29 is 27.5 Å². The van der Waals surface area contributed by atoms with Crippen molar-refractivity contribution in [2.24, 2.45) is 5.92 Å². The number of carbonyl (C=O) groups is 1. The lowest BCUT2D eigenvalue weighted by atomic mass is 10.2. The molecule has 0 heterocycles. The summed E-state index contributed by atoms with van der Waals surface area (Å²) >= 11 is 0.725. The fourth-order valence-electron chi connectivity index (χ4n) is 1.02. The van der Waals surface area contributed by atoms with Crippen LogP contribution in [0.25, 0.3) is 0 Å². The van der Waals surface area contributed by atoms with Gasteiger partial charge in [-0.25, -0.2) is 4.39 Å². The highest BCUT2D eigenvalue weighted by Gasteiger charge is 2.44. The largest absolute Gasteiger partial charge is 0.481 e. The Morgan fingerprint density at radius 2 is 1.82 bits per heavy atom. The van der Waals surface area contributed by atoms with E-state index in [0.29, 0.717) is 4.90 Å². The van der Waals surface area contributed by atoms with E-state index in [-0.39, 0.29) is 0 Å². The number of carboxylic acids is 1. The molecule has 1 rings (SSSR count). The first-order chi connectivity index (χ1) is 7.80. The molecule has 17 heavy (non-hydrogen) atoms. The van der Waals surface area contributed by atoms with E-state index in [2.05, 4.69) is 0 Å². The zero-order valence-electron chi connectivity index (χ0n) is 8.37. The van der Waals surface area contributed by atoms with Crippen LogP contribution in [0, 0.1) is 11.7 Å². The van der Waals surface area contributed by atoms with Gasteiger partial charge in [0, 0.05) is 10.6 Å². The maximum Gasteiger partial charge on any atom is 0.403 e. The van der Waals surface area contributed by atoms with Crippen LogP contribution in [0.4, 0.5) is 17.6 Å². The Balaban J connectivity index is 2.65. The van der Waals surface area contributed by atoms with E-state index in [1.165, 1.54) is 12.1 Å². The van der Waals surface area contributed by atoms with Gasteiger partial charge in [0.25, 0.3) is 0 Å². The van der Waals surface area contributed by atoms with Crippen LogP contribution in [-0.4, -0.2) is 23.0 Å². The minimum absolute atomic E-state index is 0.391. The third-order valence-electron chi connectivity index (χ3n) is 1.92. The second kappa shape index (κ2) is 5.39. The van der Waals surface area contributed by atoms with Crippen LogP contribution in [0.2, 0.25) is 0 Å². The lowest BCUT2D eigenvalue weighted by Gasteiger charge is -2.15. The smallest absolute Gasteiger partial charge is 0.403 e. The SMILES string of the molecule is O=C(O)C(CSc1ccc(F)cc1)C(F)(F)F. The van der Waals surface area contributed by atoms with E-state index in [9.17, 15) is 22.4 Å². The minimum Gasteiger partial charge on any atom is -0.481 e. The second-order valence-electron chi connectivity index (χ2n) is 3.20.